The number of hydrogen-bond donors (Lipinski definition) is 0. The molecule has 0 nitrogen and oxygen atoms in total. The van der Waals surface area contributed by atoms with Crippen LogP contribution in [0.25, 0.3) is 0 Å². The van der Waals surface area contributed by atoms with Gasteiger partial charge in [-0.25, -0.2) is 0 Å². The van der Waals surface area contributed by atoms with E-state index in [1.165, 1.54) is 5.57 Å². The molecule has 52 valence electrons. The van der Waals surface area contributed by atoms with Gasteiger partial charge in [-0.05, 0) is 11.5 Å². The summed E-state index contributed by atoms with van der Waals surface area (Å²) in [5, 5.41) is 0. The Labute approximate surface area is 62.3 Å². The molecule has 1 aliphatic rings. The van der Waals surface area contributed by atoms with E-state index in [1.807, 2.05) is 6.08 Å². The Hall–Kier alpha value is -1.04. The monoisotopic (exact) mass is 132 g/mol. The normalized spacial score (nSPS) is 23.7. The predicted octanol–water partition coefficient (Wildman–Crippen LogP) is 2.86. The van der Waals surface area contributed by atoms with Crippen molar-refractivity contribution in [2.45, 2.75) is 6.92 Å². The zero-order valence-electron chi connectivity index (χ0n) is 6.25. The Morgan fingerprint density at radius 3 is 3.00 bits per heavy atom. The minimum absolute atomic E-state index is 0.550. The highest BCUT2D eigenvalue weighted by molar-refractivity contribution is 5.35. The largest absolute Gasteiger partial charge is 0.0985 e. The summed E-state index contributed by atoms with van der Waals surface area (Å²) in [6.07, 6.45) is 12.4. The van der Waals surface area contributed by atoms with E-state index in [9.17, 15) is 0 Å². The quantitative estimate of drug-likeness (QED) is 0.514. The summed E-state index contributed by atoms with van der Waals surface area (Å²) in [6, 6.07) is 0. The van der Waals surface area contributed by atoms with Crippen LogP contribution in [0.5, 0.6) is 0 Å². The first-order valence-electron chi connectivity index (χ1n) is 3.52. The minimum Gasteiger partial charge on any atom is -0.0985 e. The van der Waals surface area contributed by atoms with E-state index in [0.29, 0.717) is 5.92 Å². The molecule has 0 heteroatoms. The minimum atomic E-state index is 0.550. The van der Waals surface area contributed by atoms with Gasteiger partial charge >= 0.3 is 0 Å². The topological polar surface area (TPSA) is 0 Å². The zero-order chi connectivity index (χ0) is 7.40. The summed E-state index contributed by atoms with van der Waals surface area (Å²) in [5.74, 6) is 0.550. The van der Waals surface area contributed by atoms with Gasteiger partial charge in [0, 0.05) is 0 Å². The highest BCUT2D eigenvalue weighted by Gasteiger charge is 1.92. The molecule has 1 aliphatic carbocycles. The Morgan fingerprint density at radius 1 is 1.50 bits per heavy atom. The summed E-state index contributed by atoms with van der Waals surface area (Å²) >= 11 is 0. The summed E-state index contributed by atoms with van der Waals surface area (Å²) in [5.41, 5.74) is 1.18. The van der Waals surface area contributed by atoms with E-state index in [0.717, 1.165) is 0 Å². The van der Waals surface area contributed by atoms with Gasteiger partial charge < -0.3 is 0 Å². The first kappa shape index (κ1) is 7.07. The molecule has 0 aliphatic heterocycles. The van der Waals surface area contributed by atoms with Crippen molar-refractivity contribution in [2.24, 2.45) is 5.92 Å². The average Bonchev–Trinajstić information content (AvgIpc) is 2.14. The maximum absolute atomic E-state index is 3.70. The second-order valence-corrected chi connectivity index (χ2v) is 2.47. The van der Waals surface area contributed by atoms with Gasteiger partial charge in [0.2, 0.25) is 0 Å². The Kier molecular flexibility index (Phi) is 2.27. The summed E-state index contributed by atoms with van der Waals surface area (Å²) in [6.45, 7) is 5.86. The zero-order valence-corrected chi connectivity index (χ0v) is 6.25. The highest BCUT2D eigenvalue weighted by Crippen LogP contribution is 2.09. The molecule has 0 spiro atoms. The van der Waals surface area contributed by atoms with Crippen molar-refractivity contribution in [1.29, 1.82) is 0 Å². The first-order valence-corrected chi connectivity index (χ1v) is 3.52. The Bertz CT molecular complexity index is 204. The van der Waals surface area contributed by atoms with Gasteiger partial charge in [-0.3, -0.25) is 0 Å². The van der Waals surface area contributed by atoms with Crippen molar-refractivity contribution in [2.75, 3.05) is 0 Å². The highest BCUT2D eigenvalue weighted by atomic mass is 14.0. The number of rotatable bonds is 1. The van der Waals surface area contributed by atoms with Crippen LogP contribution in [-0.4, -0.2) is 0 Å². The van der Waals surface area contributed by atoms with Gasteiger partial charge in [-0.1, -0.05) is 50.0 Å². The third kappa shape index (κ3) is 1.73. The molecule has 1 unspecified atom stereocenters. The van der Waals surface area contributed by atoms with Gasteiger partial charge in [0.15, 0.2) is 0 Å². The molecule has 0 aromatic heterocycles. The fourth-order valence-corrected chi connectivity index (χ4v) is 0.861. The maximum Gasteiger partial charge on any atom is -0.00754 e. The summed E-state index contributed by atoms with van der Waals surface area (Å²) in [4.78, 5) is 0. The van der Waals surface area contributed by atoms with Crippen LogP contribution in [0.4, 0.5) is 0 Å². The fourth-order valence-electron chi connectivity index (χ4n) is 0.861. The van der Waals surface area contributed by atoms with Crippen LogP contribution in [0.15, 0.2) is 48.6 Å². The Morgan fingerprint density at radius 2 is 2.30 bits per heavy atom. The predicted molar refractivity (Wildman–Crippen MR) is 45.7 cm³/mol. The van der Waals surface area contributed by atoms with Crippen LogP contribution in [-0.2, 0) is 0 Å². The molecule has 0 N–H and O–H groups in total. The van der Waals surface area contributed by atoms with E-state index in [2.05, 4.69) is 43.9 Å². The van der Waals surface area contributed by atoms with Crippen LogP contribution < -0.4 is 0 Å². The van der Waals surface area contributed by atoms with Gasteiger partial charge in [-0.2, -0.15) is 0 Å². The third-order valence-corrected chi connectivity index (χ3v) is 1.53. The van der Waals surface area contributed by atoms with Crippen molar-refractivity contribution in [1.82, 2.24) is 0 Å². The molecule has 1 rings (SSSR count). The van der Waals surface area contributed by atoms with Gasteiger partial charge in [0.25, 0.3) is 0 Å². The molecular weight excluding hydrogens is 120 g/mol. The second-order valence-electron chi connectivity index (χ2n) is 2.47. The molecule has 0 amide bonds. The van der Waals surface area contributed by atoms with Crippen LogP contribution in [0.3, 0.4) is 0 Å². The van der Waals surface area contributed by atoms with Crippen molar-refractivity contribution in [3.05, 3.63) is 48.6 Å². The molecule has 0 saturated heterocycles. The van der Waals surface area contributed by atoms with Crippen LogP contribution >= 0.6 is 0 Å². The van der Waals surface area contributed by atoms with Crippen molar-refractivity contribution in [3.8, 4) is 0 Å². The molecular formula is C10H12. The fraction of sp³-hybridized carbons (Fsp3) is 0.200. The molecule has 0 saturated carbocycles. The smallest absolute Gasteiger partial charge is 0.00754 e. The first-order chi connectivity index (χ1) is 4.83. The molecule has 0 radical (unpaired) electrons. The van der Waals surface area contributed by atoms with Crippen LogP contribution in [0.1, 0.15) is 6.92 Å². The van der Waals surface area contributed by atoms with E-state index >= 15 is 0 Å². The van der Waals surface area contributed by atoms with E-state index in [1.54, 1.807) is 0 Å². The second kappa shape index (κ2) is 3.21. The van der Waals surface area contributed by atoms with E-state index in [-0.39, 0.29) is 0 Å². The molecule has 10 heavy (non-hydrogen) atoms. The maximum atomic E-state index is 3.70. The molecule has 0 fully saturated rings. The van der Waals surface area contributed by atoms with Crippen LogP contribution in [0.2, 0.25) is 0 Å². The van der Waals surface area contributed by atoms with Gasteiger partial charge in [-0.15, -0.1) is 0 Å². The number of allylic oxidation sites excluding steroid dienone is 7. The average molecular weight is 132 g/mol. The molecule has 1 atom stereocenters. The van der Waals surface area contributed by atoms with Crippen molar-refractivity contribution in [3.63, 3.8) is 0 Å². The summed E-state index contributed by atoms with van der Waals surface area (Å²) in [7, 11) is 0. The molecule has 0 aromatic rings. The lowest BCUT2D eigenvalue weighted by molar-refractivity contribution is 0.942. The van der Waals surface area contributed by atoms with Gasteiger partial charge in [0.05, 0.1) is 0 Å². The van der Waals surface area contributed by atoms with E-state index < -0.39 is 0 Å². The lowest BCUT2D eigenvalue weighted by Gasteiger charge is -1.92. The third-order valence-electron chi connectivity index (χ3n) is 1.53. The van der Waals surface area contributed by atoms with Gasteiger partial charge in [0.1, 0.15) is 0 Å². The van der Waals surface area contributed by atoms with Crippen LogP contribution in [0, 0.1) is 5.92 Å². The van der Waals surface area contributed by atoms with Crippen molar-refractivity contribution < 1.29 is 0 Å². The lowest BCUT2D eigenvalue weighted by atomic mass is 10.1. The standard InChI is InChI=1S/C10H12/c1-3-10-6-4-5-9(2)7-8-10/h3-9H,1H2,2H3. The summed E-state index contributed by atoms with van der Waals surface area (Å²) < 4.78 is 0. The molecule has 0 aromatic carbocycles. The SMILES string of the molecule is C=CC1=CC=CC(C)C=C1. The molecule has 0 bridgehead atoms. The Balaban J connectivity index is 2.80. The number of hydrogen-bond acceptors (Lipinski definition) is 0. The van der Waals surface area contributed by atoms with Crippen molar-refractivity contribution >= 4 is 0 Å². The van der Waals surface area contributed by atoms with E-state index in [4.69, 9.17) is 0 Å². The molecule has 0 heterocycles. The lowest BCUT2D eigenvalue weighted by Crippen LogP contribution is -1.78.